The summed E-state index contributed by atoms with van der Waals surface area (Å²) in [5, 5.41) is 3.57. The second-order valence-electron chi connectivity index (χ2n) is 4.33. The Kier molecular flexibility index (Phi) is 2.24. The van der Waals surface area contributed by atoms with Crippen molar-refractivity contribution in [2.75, 3.05) is 5.32 Å². The van der Waals surface area contributed by atoms with Crippen molar-refractivity contribution in [3.63, 3.8) is 0 Å². The number of hydrogen-bond acceptors (Lipinski definition) is 4. The van der Waals surface area contributed by atoms with Crippen molar-refractivity contribution in [2.24, 2.45) is 0 Å². The normalized spacial score (nSPS) is 21.1. The fraction of sp³-hybridized carbons (Fsp3) is 0.700. The highest BCUT2D eigenvalue weighted by Gasteiger charge is 2.26. The van der Waals surface area contributed by atoms with E-state index in [0.29, 0.717) is 23.2 Å². The lowest BCUT2D eigenvalue weighted by atomic mass is 9.85. The first-order valence-electron chi connectivity index (χ1n) is 5.49. The van der Waals surface area contributed by atoms with Gasteiger partial charge in [-0.15, -0.1) is 0 Å². The highest BCUT2D eigenvalue weighted by Crippen LogP contribution is 2.35. The first kappa shape index (κ1) is 9.33. The number of anilines is 1. The third kappa shape index (κ3) is 2.04. The third-order valence-corrected chi connectivity index (χ3v) is 3.18. The van der Waals surface area contributed by atoms with Gasteiger partial charge in [-0.2, -0.15) is 9.97 Å². The van der Waals surface area contributed by atoms with Gasteiger partial charge in [0.1, 0.15) is 5.82 Å². The Morgan fingerprint density at radius 3 is 2.47 bits per heavy atom. The van der Waals surface area contributed by atoms with Gasteiger partial charge in [0.2, 0.25) is 11.2 Å². The summed E-state index contributed by atoms with van der Waals surface area (Å²) in [4.78, 5) is 12.7. The summed E-state index contributed by atoms with van der Waals surface area (Å²) in [5.74, 6) is 2.02. The average molecular weight is 225 g/mol. The van der Waals surface area contributed by atoms with E-state index in [9.17, 15) is 0 Å². The van der Waals surface area contributed by atoms with E-state index < -0.39 is 0 Å². The summed E-state index contributed by atoms with van der Waals surface area (Å²) in [6.07, 6.45) is 6.07. The van der Waals surface area contributed by atoms with Crippen molar-refractivity contribution < 1.29 is 0 Å². The first-order chi connectivity index (χ1) is 7.31. The summed E-state index contributed by atoms with van der Waals surface area (Å²) in [5.41, 5.74) is 0. The summed E-state index contributed by atoms with van der Waals surface area (Å²) in [7, 11) is 0. The molecule has 2 saturated carbocycles. The molecule has 3 rings (SSSR count). The minimum Gasteiger partial charge on any atom is -0.351 e. The molecule has 0 saturated heterocycles. The highest BCUT2D eigenvalue weighted by molar-refractivity contribution is 6.28. The summed E-state index contributed by atoms with van der Waals surface area (Å²) < 4.78 is 0. The number of nitrogens with zero attached hydrogens (tertiary/aromatic N) is 3. The van der Waals surface area contributed by atoms with Gasteiger partial charge in [-0.05, 0) is 37.3 Å². The molecule has 0 aliphatic heterocycles. The van der Waals surface area contributed by atoms with Gasteiger partial charge in [0.25, 0.3) is 0 Å². The molecule has 80 valence electrons. The van der Waals surface area contributed by atoms with Crippen LogP contribution in [-0.2, 0) is 0 Å². The summed E-state index contributed by atoms with van der Waals surface area (Å²) in [6, 6.07) is 0.553. The zero-order chi connectivity index (χ0) is 10.3. The minimum absolute atomic E-state index is 0.315. The molecule has 1 aromatic heterocycles. The Morgan fingerprint density at radius 1 is 1.07 bits per heavy atom. The first-order valence-corrected chi connectivity index (χ1v) is 5.87. The molecule has 1 aromatic rings. The SMILES string of the molecule is Clc1nc(NC2CC2)nc(C2CCC2)n1. The van der Waals surface area contributed by atoms with Crippen LogP contribution in [0.5, 0.6) is 0 Å². The van der Waals surface area contributed by atoms with E-state index in [-0.39, 0.29) is 0 Å². The lowest BCUT2D eigenvalue weighted by Crippen LogP contribution is -2.15. The molecule has 0 spiro atoms. The third-order valence-electron chi connectivity index (χ3n) is 3.01. The molecule has 0 unspecified atom stereocenters. The average Bonchev–Trinajstić information content (AvgIpc) is 2.83. The number of halogens is 1. The van der Waals surface area contributed by atoms with Crippen molar-refractivity contribution in [1.82, 2.24) is 15.0 Å². The number of rotatable bonds is 3. The zero-order valence-corrected chi connectivity index (χ0v) is 9.17. The molecule has 0 amide bonds. The molecule has 2 aliphatic carbocycles. The molecular weight excluding hydrogens is 212 g/mol. The number of aromatic nitrogens is 3. The van der Waals surface area contributed by atoms with Crippen molar-refractivity contribution in [3.05, 3.63) is 11.1 Å². The number of hydrogen-bond donors (Lipinski definition) is 1. The van der Waals surface area contributed by atoms with Gasteiger partial charge in [0.05, 0.1) is 0 Å². The van der Waals surface area contributed by atoms with E-state index in [1.807, 2.05) is 0 Å². The van der Waals surface area contributed by atoms with E-state index in [1.54, 1.807) is 0 Å². The molecule has 2 aliphatic rings. The lowest BCUT2D eigenvalue weighted by molar-refractivity contribution is 0.400. The van der Waals surface area contributed by atoms with E-state index in [4.69, 9.17) is 11.6 Å². The van der Waals surface area contributed by atoms with Crippen LogP contribution < -0.4 is 5.32 Å². The Bertz CT molecular complexity index is 374. The standard InChI is InChI=1S/C10H13ClN4/c11-9-13-8(6-2-1-3-6)14-10(15-9)12-7-4-5-7/h6-7H,1-5H2,(H,12,13,14,15). The quantitative estimate of drug-likeness (QED) is 0.857. The van der Waals surface area contributed by atoms with Crippen LogP contribution >= 0.6 is 11.6 Å². The van der Waals surface area contributed by atoms with Gasteiger partial charge in [0.15, 0.2) is 0 Å². The molecule has 5 heteroatoms. The van der Waals surface area contributed by atoms with Gasteiger partial charge < -0.3 is 5.32 Å². The lowest BCUT2D eigenvalue weighted by Gasteiger charge is -2.23. The van der Waals surface area contributed by atoms with E-state index in [2.05, 4.69) is 20.3 Å². The smallest absolute Gasteiger partial charge is 0.227 e. The van der Waals surface area contributed by atoms with Gasteiger partial charge in [0, 0.05) is 12.0 Å². The van der Waals surface area contributed by atoms with Crippen LogP contribution in [0.15, 0.2) is 0 Å². The van der Waals surface area contributed by atoms with Gasteiger partial charge in [-0.1, -0.05) is 6.42 Å². The molecule has 1 heterocycles. The Morgan fingerprint density at radius 2 is 1.87 bits per heavy atom. The second-order valence-corrected chi connectivity index (χ2v) is 4.67. The van der Waals surface area contributed by atoms with E-state index in [0.717, 1.165) is 5.82 Å². The fourth-order valence-electron chi connectivity index (χ4n) is 1.69. The predicted molar refractivity (Wildman–Crippen MR) is 58.1 cm³/mol. The van der Waals surface area contributed by atoms with Crippen LogP contribution in [0.2, 0.25) is 5.28 Å². The highest BCUT2D eigenvalue weighted by atomic mass is 35.5. The predicted octanol–water partition coefficient (Wildman–Crippen LogP) is 2.37. The van der Waals surface area contributed by atoms with Crippen LogP contribution in [0.3, 0.4) is 0 Å². The van der Waals surface area contributed by atoms with Crippen LogP contribution in [0, 0.1) is 0 Å². The second kappa shape index (κ2) is 3.59. The molecule has 2 fully saturated rings. The Hall–Kier alpha value is -0.900. The molecule has 0 aromatic carbocycles. The maximum Gasteiger partial charge on any atom is 0.227 e. The van der Waals surface area contributed by atoms with Crippen LogP contribution in [0.1, 0.15) is 43.8 Å². The molecule has 0 bridgehead atoms. The Balaban J connectivity index is 1.82. The molecule has 0 atom stereocenters. The number of nitrogens with one attached hydrogen (secondary N) is 1. The largest absolute Gasteiger partial charge is 0.351 e. The van der Waals surface area contributed by atoms with Crippen molar-refractivity contribution in [2.45, 2.75) is 44.1 Å². The van der Waals surface area contributed by atoms with Crippen LogP contribution in [0.25, 0.3) is 0 Å². The van der Waals surface area contributed by atoms with Crippen molar-refractivity contribution in [1.29, 1.82) is 0 Å². The zero-order valence-electron chi connectivity index (χ0n) is 8.41. The van der Waals surface area contributed by atoms with Crippen molar-refractivity contribution >= 4 is 17.5 Å². The maximum atomic E-state index is 5.88. The Labute approximate surface area is 93.5 Å². The molecular formula is C10H13ClN4. The molecule has 4 nitrogen and oxygen atoms in total. The van der Waals surface area contributed by atoms with E-state index in [1.165, 1.54) is 32.1 Å². The van der Waals surface area contributed by atoms with Gasteiger partial charge in [-0.25, -0.2) is 4.98 Å². The van der Waals surface area contributed by atoms with Crippen molar-refractivity contribution in [3.8, 4) is 0 Å². The summed E-state index contributed by atoms with van der Waals surface area (Å²) >= 11 is 5.88. The summed E-state index contributed by atoms with van der Waals surface area (Å²) in [6.45, 7) is 0. The van der Waals surface area contributed by atoms with Crippen LogP contribution in [-0.4, -0.2) is 21.0 Å². The molecule has 15 heavy (non-hydrogen) atoms. The maximum absolute atomic E-state index is 5.88. The fourth-order valence-corrected chi connectivity index (χ4v) is 1.86. The van der Waals surface area contributed by atoms with Crippen LogP contribution in [0.4, 0.5) is 5.95 Å². The minimum atomic E-state index is 0.315. The monoisotopic (exact) mass is 224 g/mol. The molecule has 1 N–H and O–H groups in total. The molecule has 0 radical (unpaired) electrons. The van der Waals surface area contributed by atoms with Gasteiger partial charge >= 0.3 is 0 Å². The topological polar surface area (TPSA) is 50.7 Å². The van der Waals surface area contributed by atoms with Gasteiger partial charge in [-0.3, -0.25) is 0 Å². The van der Waals surface area contributed by atoms with E-state index >= 15 is 0 Å².